The van der Waals surface area contributed by atoms with E-state index in [4.69, 9.17) is 10.6 Å². The van der Waals surface area contributed by atoms with Gasteiger partial charge in [-0.15, -0.1) is 0 Å². The topological polar surface area (TPSA) is 47.3 Å². The Hall–Kier alpha value is -1.04. The first-order valence-corrected chi connectivity index (χ1v) is 6.06. The summed E-state index contributed by atoms with van der Waals surface area (Å²) in [5, 5.41) is 0. The average molecular weight is 256 g/mol. The smallest absolute Gasteiger partial charge is 0.126 e. The largest absolute Gasteiger partial charge is 0.377 e. The van der Waals surface area contributed by atoms with E-state index < -0.39 is 11.6 Å². The van der Waals surface area contributed by atoms with Gasteiger partial charge in [-0.2, -0.15) is 0 Å². The van der Waals surface area contributed by atoms with Gasteiger partial charge in [-0.1, -0.05) is 0 Å². The van der Waals surface area contributed by atoms with Crippen LogP contribution in [0.2, 0.25) is 0 Å². The van der Waals surface area contributed by atoms with Crippen LogP contribution < -0.4 is 11.3 Å². The first-order valence-electron chi connectivity index (χ1n) is 6.06. The molecule has 1 saturated carbocycles. The summed E-state index contributed by atoms with van der Waals surface area (Å²) in [5.41, 5.74) is 2.64. The third-order valence-electron chi connectivity index (χ3n) is 3.87. The van der Waals surface area contributed by atoms with Gasteiger partial charge in [-0.3, -0.25) is 11.3 Å². The molecule has 2 rings (SSSR count). The molecule has 0 amide bonds. The lowest BCUT2D eigenvalue weighted by molar-refractivity contribution is -0.0983. The molecule has 5 heteroatoms. The van der Waals surface area contributed by atoms with Gasteiger partial charge < -0.3 is 4.74 Å². The van der Waals surface area contributed by atoms with Crippen molar-refractivity contribution in [3.63, 3.8) is 0 Å². The van der Waals surface area contributed by atoms with Crippen molar-refractivity contribution in [1.82, 2.24) is 5.43 Å². The molecular weight excluding hydrogens is 238 g/mol. The van der Waals surface area contributed by atoms with Crippen LogP contribution in [0.5, 0.6) is 0 Å². The van der Waals surface area contributed by atoms with Crippen molar-refractivity contribution in [2.75, 3.05) is 7.11 Å². The Balaban J connectivity index is 2.17. The maximum atomic E-state index is 13.6. The van der Waals surface area contributed by atoms with E-state index in [2.05, 4.69) is 5.43 Å². The van der Waals surface area contributed by atoms with Gasteiger partial charge in [0.25, 0.3) is 0 Å². The highest BCUT2D eigenvalue weighted by atomic mass is 19.1. The molecule has 0 bridgehead atoms. The van der Waals surface area contributed by atoms with Crippen LogP contribution in [0.15, 0.2) is 18.2 Å². The van der Waals surface area contributed by atoms with E-state index in [1.807, 2.05) is 0 Å². The molecule has 3 N–H and O–H groups in total. The number of ether oxygens (including phenoxy) is 1. The molecule has 100 valence electrons. The Labute approximate surface area is 105 Å². The summed E-state index contributed by atoms with van der Waals surface area (Å²) in [6, 6.07) is 3.24. The number of halogens is 2. The molecule has 1 fully saturated rings. The van der Waals surface area contributed by atoms with Gasteiger partial charge in [0.1, 0.15) is 11.6 Å². The van der Waals surface area contributed by atoms with Gasteiger partial charge >= 0.3 is 0 Å². The van der Waals surface area contributed by atoms with E-state index in [1.165, 1.54) is 6.07 Å². The predicted octanol–water partition coefficient (Wildman–Crippen LogP) is 1.91. The van der Waals surface area contributed by atoms with Crippen LogP contribution in [-0.4, -0.2) is 18.8 Å². The molecule has 18 heavy (non-hydrogen) atoms. The van der Waals surface area contributed by atoms with Gasteiger partial charge in [-0.25, -0.2) is 8.78 Å². The molecule has 1 unspecified atom stereocenters. The van der Waals surface area contributed by atoms with Crippen LogP contribution in [-0.2, 0) is 11.2 Å². The minimum atomic E-state index is -0.442. The number of benzene rings is 1. The van der Waals surface area contributed by atoms with Crippen LogP contribution in [0.1, 0.15) is 24.8 Å². The summed E-state index contributed by atoms with van der Waals surface area (Å²) in [5.74, 6) is 4.68. The van der Waals surface area contributed by atoms with E-state index in [-0.39, 0.29) is 11.6 Å². The molecule has 3 nitrogen and oxygen atoms in total. The van der Waals surface area contributed by atoms with Crippen molar-refractivity contribution in [2.45, 2.75) is 37.3 Å². The fourth-order valence-corrected chi connectivity index (χ4v) is 2.54. The second kappa shape index (κ2) is 5.30. The number of hydrazine groups is 1. The Bertz CT molecular complexity index is 416. The highest BCUT2D eigenvalue weighted by molar-refractivity contribution is 5.21. The van der Waals surface area contributed by atoms with E-state index in [0.717, 1.165) is 31.4 Å². The molecule has 0 saturated heterocycles. The number of nitrogens with two attached hydrogens (primary N) is 1. The number of methoxy groups -OCH3 is 1. The van der Waals surface area contributed by atoms with Gasteiger partial charge in [0, 0.05) is 7.11 Å². The lowest BCUT2D eigenvalue weighted by Crippen LogP contribution is -2.59. The van der Waals surface area contributed by atoms with E-state index in [1.54, 1.807) is 7.11 Å². The third-order valence-corrected chi connectivity index (χ3v) is 3.87. The van der Waals surface area contributed by atoms with Crippen LogP contribution in [0, 0.1) is 11.6 Å². The lowest BCUT2D eigenvalue weighted by Gasteiger charge is -2.46. The fraction of sp³-hybridized carbons (Fsp3) is 0.538. The summed E-state index contributed by atoms with van der Waals surface area (Å²) in [4.78, 5) is 0. The molecule has 1 atom stereocenters. The summed E-state index contributed by atoms with van der Waals surface area (Å²) in [6.45, 7) is 0. The minimum absolute atomic E-state index is 0.215. The van der Waals surface area contributed by atoms with Crippen molar-refractivity contribution in [3.05, 3.63) is 35.4 Å². The van der Waals surface area contributed by atoms with Gasteiger partial charge in [0.05, 0.1) is 11.6 Å². The predicted molar refractivity (Wildman–Crippen MR) is 64.8 cm³/mol. The zero-order valence-corrected chi connectivity index (χ0v) is 10.4. The molecule has 1 aliphatic carbocycles. The van der Waals surface area contributed by atoms with Gasteiger partial charge in [0.2, 0.25) is 0 Å². The molecule has 0 heterocycles. The van der Waals surface area contributed by atoms with Crippen LogP contribution in [0.3, 0.4) is 0 Å². The van der Waals surface area contributed by atoms with E-state index >= 15 is 0 Å². The second-order valence-electron chi connectivity index (χ2n) is 4.78. The zero-order chi connectivity index (χ0) is 13.2. The first-order chi connectivity index (χ1) is 8.61. The quantitative estimate of drug-likeness (QED) is 0.625. The van der Waals surface area contributed by atoms with Crippen molar-refractivity contribution in [1.29, 1.82) is 0 Å². The third kappa shape index (κ3) is 2.39. The van der Waals surface area contributed by atoms with Crippen molar-refractivity contribution in [2.24, 2.45) is 5.84 Å². The Morgan fingerprint density at radius 2 is 2.17 bits per heavy atom. The molecule has 0 aliphatic heterocycles. The summed E-state index contributed by atoms with van der Waals surface area (Å²) in [6.07, 6.45) is 3.15. The zero-order valence-electron chi connectivity index (χ0n) is 10.4. The number of hydrogen-bond acceptors (Lipinski definition) is 3. The van der Waals surface area contributed by atoms with Gasteiger partial charge in [-0.05, 0) is 49.4 Å². The second-order valence-corrected chi connectivity index (χ2v) is 4.78. The molecule has 1 aliphatic rings. The molecule has 0 radical (unpaired) electrons. The first kappa shape index (κ1) is 13.4. The Kier molecular flexibility index (Phi) is 3.94. The molecular formula is C13H18F2N2O. The van der Waals surface area contributed by atoms with Crippen molar-refractivity contribution < 1.29 is 13.5 Å². The highest BCUT2D eigenvalue weighted by Gasteiger charge is 2.44. The van der Waals surface area contributed by atoms with Crippen LogP contribution in [0.4, 0.5) is 8.78 Å². The number of hydrogen-bond donors (Lipinski definition) is 2. The maximum Gasteiger partial charge on any atom is 0.126 e. The molecule has 0 aromatic heterocycles. The minimum Gasteiger partial charge on any atom is -0.377 e. The monoisotopic (exact) mass is 256 g/mol. The van der Waals surface area contributed by atoms with E-state index in [9.17, 15) is 8.78 Å². The summed E-state index contributed by atoms with van der Waals surface area (Å²) in [7, 11) is 1.63. The molecule has 1 aromatic rings. The van der Waals surface area contributed by atoms with Crippen LogP contribution >= 0.6 is 0 Å². The highest BCUT2D eigenvalue weighted by Crippen LogP contribution is 2.39. The summed E-state index contributed by atoms with van der Waals surface area (Å²) >= 11 is 0. The van der Waals surface area contributed by atoms with Crippen molar-refractivity contribution >= 4 is 0 Å². The molecule has 0 spiro atoms. The fourth-order valence-electron chi connectivity index (χ4n) is 2.54. The van der Waals surface area contributed by atoms with Crippen molar-refractivity contribution in [3.8, 4) is 0 Å². The standard InChI is InChI=1S/C13H18F2N2O/c1-18-13(5-2-6-13)12(17-16)8-9-7-10(14)3-4-11(9)15/h3-4,7,12,17H,2,5-6,8,16H2,1H3. The lowest BCUT2D eigenvalue weighted by atomic mass is 9.73. The van der Waals surface area contributed by atoms with Gasteiger partial charge in [0.15, 0.2) is 0 Å². The Morgan fingerprint density at radius 1 is 1.44 bits per heavy atom. The number of rotatable bonds is 5. The summed E-state index contributed by atoms with van der Waals surface area (Å²) < 4.78 is 32.2. The van der Waals surface area contributed by atoms with Crippen LogP contribution in [0.25, 0.3) is 0 Å². The molecule has 1 aromatic carbocycles. The SMILES string of the molecule is COC1(C(Cc2cc(F)ccc2F)NN)CCC1. The Morgan fingerprint density at radius 3 is 2.67 bits per heavy atom. The maximum absolute atomic E-state index is 13.6. The van der Waals surface area contributed by atoms with E-state index in [0.29, 0.717) is 12.0 Å². The number of nitrogens with one attached hydrogen (secondary N) is 1. The normalized spacial score (nSPS) is 19.3. The average Bonchev–Trinajstić information content (AvgIpc) is 2.31.